The van der Waals surface area contributed by atoms with Gasteiger partial charge in [-0.3, -0.25) is 4.79 Å². The Morgan fingerprint density at radius 2 is 2.03 bits per heavy atom. The molecule has 5 rings (SSSR count). The molecule has 3 heterocycles. The number of piperidine rings is 1. The number of halogens is 2. The molecule has 5 nitrogen and oxygen atoms in total. The summed E-state index contributed by atoms with van der Waals surface area (Å²) < 4.78 is 0. The lowest BCUT2D eigenvalue weighted by Crippen LogP contribution is -2.36. The molecule has 1 amide bonds. The summed E-state index contributed by atoms with van der Waals surface area (Å²) in [5, 5.41) is 3.43. The molecule has 1 aromatic heterocycles. The van der Waals surface area contributed by atoms with Crippen LogP contribution in [0.2, 0.25) is 0 Å². The molecule has 2 aromatic rings. The summed E-state index contributed by atoms with van der Waals surface area (Å²) >= 11 is 0. The Balaban J connectivity index is 0.00000120. The summed E-state index contributed by atoms with van der Waals surface area (Å²) in [4.78, 5) is 23.5. The van der Waals surface area contributed by atoms with Crippen LogP contribution in [0.1, 0.15) is 49.5 Å². The maximum Gasteiger partial charge on any atom is 0.226 e. The van der Waals surface area contributed by atoms with E-state index in [9.17, 15) is 4.79 Å². The topological polar surface area (TPSA) is 61.0 Å². The van der Waals surface area contributed by atoms with E-state index in [1.165, 1.54) is 5.56 Å². The van der Waals surface area contributed by atoms with Crippen LogP contribution in [-0.2, 0) is 4.79 Å². The van der Waals surface area contributed by atoms with E-state index in [2.05, 4.69) is 51.4 Å². The Labute approximate surface area is 184 Å². The van der Waals surface area contributed by atoms with Crippen molar-refractivity contribution in [3.8, 4) is 11.3 Å². The smallest absolute Gasteiger partial charge is 0.226 e. The van der Waals surface area contributed by atoms with E-state index in [0.29, 0.717) is 11.3 Å². The number of nitrogens with zero attached hydrogens (tertiary/aromatic N) is 2. The number of benzene rings is 1. The summed E-state index contributed by atoms with van der Waals surface area (Å²) in [5.41, 5.74) is 3.72. The number of aryl methyl sites for hydroxylation is 1. The Kier molecular flexibility index (Phi) is 6.61. The van der Waals surface area contributed by atoms with Crippen LogP contribution in [0, 0.1) is 18.3 Å². The number of aromatic nitrogens is 2. The average Bonchev–Trinajstić information content (AvgIpc) is 3.09. The lowest BCUT2D eigenvalue weighted by molar-refractivity contribution is -0.134. The molecular weight excluding hydrogens is 407 g/mol. The van der Waals surface area contributed by atoms with Gasteiger partial charge in [-0.1, -0.05) is 23.8 Å². The summed E-state index contributed by atoms with van der Waals surface area (Å²) in [7, 11) is 0. The highest BCUT2D eigenvalue weighted by Gasteiger charge is 2.59. The summed E-state index contributed by atoms with van der Waals surface area (Å²) in [6, 6.07) is 8.55. The highest BCUT2D eigenvalue weighted by atomic mass is 35.5. The van der Waals surface area contributed by atoms with Crippen molar-refractivity contribution in [1.82, 2.24) is 20.2 Å². The molecule has 2 saturated heterocycles. The van der Waals surface area contributed by atoms with Crippen molar-refractivity contribution in [2.24, 2.45) is 11.3 Å². The van der Waals surface area contributed by atoms with E-state index < -0.39 is 0 Å². The number of carbonyl (C=O) groups is 1. The van der Waals surface area contributed by atoms with Crippen LogP contribution < -0.4 is 5.32 Å². The molecule has 1 aliphatic carbocycles. The van der Waals surface area contributed by atoms with Gasteiger partial charge in [0, 0.05) is 12.5 Å². The number of hydrogen-bond acceptors (Lipinski definition) is 3. The van der Waals surface area contributed by atoms with E-state index in [0.717, 1.165) is 68.8 Å². The first-order valence-corrected chi connectivity index (χ1v) is 10.3. The minimum Gasteiger partial charge on any atom is -0.340 e. The normalized spacial score (nSPS) is 24.7. The molecule has 158 valence electrons. The van der Waals surface area contributed by atoms with E-state index in [4.69, 9.17) is 0 Å². The van der Waals surface area contributed by atoms with Crippen LogP contribution in [0.5, 0.6) is 0 Å². The van der Waals surface area contributed by atoms with Crippen molar-refractivity contribution < 1.29 is 4.79 Å². The fourth-order valence-corrected chi connectivity index (χ4v) is 5.15. The Morgan fingerprint density at radius 3 is 2.79 bits per heavy atom. The largest absolute Gasteiger partial charge is 0.340 e. The van der Waals surface area contributed by atoms with Crippen LogP contribution in [0.3, 0.4) is 0 Å². The van der Waals surface area contributed by atoms with Crippen LogP contribution in [-0.4, -0.2) is 40.4 Å². The summed E-state index contributed by atoms with van der Waals surface area (Å²) in [6.07, 6.45) is 7.38. The van der Waals surface area contributed by atoms with Crippen molar-refractivity contribution in [2.45, 2.75) is 45.1 Å². The predicted molar refractivity (Wildman–Crippen MR) is 120 cm³/mol. The highest BCUT2D eigenvalue weighted by Crippen LogP contribution is 2.59. The first kappa shape index (κ1) is 22.1. The minimum atomic E-state index is 0. The molecule has 2 N–H and O–H groups in total. The number of carbonyl (C=O) groups excluding carboxylic acids is 1. The number of nitrogens with one attached hydrogen (secondary N) is 2. The van der Waals surface area contributed by atoms with Crippen LogP contribution in [0.25, 0.3) is 11.3 Å². The molecule has 1 saturated carbocycles. The molecule has 7 heteroatoms. The summed E-state index contributed by atoms with van der Waals surface area (Å²) in [5.74, 6) is 1.55. The SMILES string of the molecule is Cc1cccc(-c2cnc(C3CCCN3C(=O)C3CC34CCNCC4)[nH]2)c1.Cl.Cl. The molecular formula is C22H30Cl2N4O. The lowest BCUT2D eigenvalue weighted by atomic mass is 9.91. The fraction of sp³-hybridized carbons (Fsp3) is 0.545. The average molecular weight is 437 g/mol. The third-order valence-electron chi connectivity index (χ3n) is 6.86. The van der Waals surface area contributed by atoms with E-state index in [1.54, 1.807) is 0 Å². The van der Waals surface area contributed by atoms with Crippen molar-refractivity contribution in [3.63, 3.8) is 0 Å². The van der Waals surface area contributed by atoms with Crippen molar-refractivity contribution in [1.29, 1.82) is 0 Å². The number of H-pyrrole nitrogens is 1. The van der Waals surface area contributed by atoms with Crippen molar-refractivity contribution >= 4 is 30.7 Å². The van der Waals surface area contributed by atoms with E-state index in [1.807, 2.05) is 6.20 Å². The zero-order valence-electron chi connectivity index (χ0n) is 16.8. The van der Waals surface area contributed by atoms with Gasteiger partial charge in [0.2, 0.25) is 5.91 Å². The second-order valence-corrected chi connectivity index (χ2v) is 8.61. The standard InChI is InChI=1S/C22H28N4O.2ClH/c1-15-4-2-5-16(12-15)18-14-24-20(25-18)19-6-3-11-26(19)21(27)17-13-22(17)7-9-23-10-8-22;;/h2,4-5,12,14,17,19,23H,3,6-11,13H2,1H3,(H,24,25);2*1H. The molecule has 2 unspecified atom stereocenters. The second-order valence-electron chi connectivity index (χ2n) is 8.61. The number of hydrogen-bond donors (Lipinski definition) is 2. The second kappa shape index (κ2) is 8.66. The molecule has 2 atom stereocenters. The number of imidazole rings is 1. The van der Waals surface area contributed by atoms with E-state index in [-0.39, 0.29) is 36.8 Å². The predicted octanol–water partition coefficient (Wildman–Crippen LogP) is 4.28. The summed E-state index contributed by atoms with van der Waals surface area (Å²) in [6.45, 7) is 5.09. The van der Waals surface area contributed by atoms with Gasteiger partial charge in [-0.05, 0) is 69.2 Å². The number of likely N-dealkylation sites (tertiary alicyclic amines) is 1. The molecule has 3 fully saturated rings. The Morgan fingerprint density at radius 1 is 1.24 bits per heavy atom. The molecule has 1 spiro atoms. The van der Waals surface area contributed by atoms with Gasteiger partial charge in [-0.15, -0.1) is 24.8 Å². The molecule has 2 aliphatic heterocycles. The van der Waals surface area contributed by atoms with Crippen molar-refractivity contribution in [2.75, 3.05) is 19.6 Å². The van der Waals surface area contributed by atoms with Gasteiger partial charge < -0.3 is 15.2 Å². The van der Waals surface area contributed by atoms with Crippen LogP contribution in [0.15, 0.2) is 30.5 Å². The lowest BCUT2D eigenvalue weighted by Gasteiger charge is -2.27. The molecule has 3 aliphatic rings. The maximum absolute atomic E-state index is 13.3. The fourth-order valence-electron chi connectivity index (χ4n) is 5.15. The van der Waals surface area contributed by atoms with Gasteiger partial charge in [0.1, 0.15) is 5.82 Å². The number of amides is 1. The Bertz CT molecular complexity index is 862. The van der Waals surface area contributed by atoms with Gasteiger partial charge in [0.25, 0.3) is 0 Å². The quantitative estimate of drug-likeness (QED) is 0.754. The van der Waals surface area contributed by atoms with Gasteiger partial charge in [-0.2, -0.15) is 0 Å². The van der Waals surface area contributed by atoms with Crippen LogP contribution >= 0.6 is 24.8 Å². The van der Waals surface area contributed by atoms with Crippen LogP contribution in [0.4, 0.5) is 0 Å². The monoisotopic (exact) mass is 436 g/mol. The van der Waals surface area contributed by atoms with Gasteiger partial charge in [0.05, 0.1) is 17.9 Å². The third-order valence-corrected chi connectivity index (χ3v) is 6.86. The molecule has 29 heavy (non-hydrogen) atoms. The molecule has 1 aromatic carbocycles. The van der Waals surface area contributed by atoms with Gasteiger partial charge >= 0.3 is 0 Å². The minimum absolute atomic E-state index is 0. The third kappa shape index (κ3) is 4.05. The van der Waals surface area contributed by atoms with Crippen molar-refractivity contribution in [3.05, 3.63) is 41.9 Å². The zero-order chi connectivity index (χ0) is 18.4. The molecule has 0 bridgehead atoms. The first-order valence-electron chi connectivity index (χ1n) is 10.3. The number of aromatic amines is 1. The zero-order valence-corrected chi connectivity index (χ0v) is 18.5. The van der Waals surface area contributed by atoms with E-state index >= 15 is 0 Å². The maximum atomic E-state index is 13.3. The number of rotatable bonds is 3. The molecule has 0 radical (unpaired) electrons. The Hall–Kier alpha value is -1.56. The van der Waals surface area contributed by atoms with Gasteiger partial charge in [-0.25, -0.2) is 4.98 Å². The highest BCUT2D eigenvalue weighted by molar-refractivity contribution is 5.85. The first-order chi connectivity index (χ1) is 13.2. The van der Waals surface area contributed by atoms with Gasteiger partial charge in [0.15, 0.2) is 0 Å².